The number of anilines is 1. The smallest absolute Gasteiger partial charge is 0.146 e. The van der Waals surface area contributed by atoms with E-state index in [4.69, 9.17) is 5.84 Å². The Morgan fingerprint density at radius 2 is 2.00 bits per heavy atom. The Morgan fingerprint density at radius 3 is 2.65 bits per heavy atom. The molecular formula is C13H22N4. The van der Waals surface area contributed by atoms with Crippen molar-refractivity contribution < 1.29 is 0 Å². The van der Waals surface area contributed by atoms with Crippen molar-refractivity contribution in [3.8, 4) is 0 Å². The highest BCUT2D eigenvalue weighted by Gasteiger charge is 2.23. The summed E-state index contributed by atoms with van der Waals surface area (Å²) in [5.41, 5.74) is 4.75. The lowest BCUT2D eigenvalue weighted by Gasteiger charge is -2.26. The number of rotatable bonds is 2. The number of nitrogens with one attached hydrogen (secondary N) is 1. The molecule has 1 saturated carbocycles. The van der Waals surface area contributed by atoms with Gasteiger partial charge in [0.2, 0.25) is 0 Å². The summed E-state index contributed by atoms with van der Waals surface area (Å²) in [6.45, 7) is 6.33. The Balaban J connectivity index is 2.29. The van der Waals surface area contributed by atoms with Gasteiger partial charge in [-0.05, 0) is 32.6 Å². The van der Waals surface area contributed by atoms with Gasteiger partial charge in [0.25, 0.3) is 0 Å². The average molecular weight is 234 g/mol. The summed E-state index contributed by atoms with van der Waals surface area (Å²) in [6, 6.07) is 0. The van der Waals surface area contributed by atoms with Crippen LogP contribution in [0.2, 0.25) is 0 Å². The minimum atomic E-state index is 0.505. The van der Waals surface area contributed by atoms with Crippen LogP contribution in [0.1, 0.15) is 55.6 Å². The van der Waals surface area contributed by atoms with Crippen molar-refractivity contribution >= 4 is 5.82 Å². The second kappa shape index (κ2) is 5.00. The van der Waals surface area contributed by atoms with E-state index in [-0.39, 0.29) is 0 Å². The fourth-order valence-electron chi connectivity index (χ4n) is 2.64. The normalized spacial score (nSPS) is 24.7. The Bertz CT molecular complexity index is 403. The molecular weight excluding hydrogens is 212 g/mol. The topological polar surface area (TPSA) is 63.8 Å². The average Bonchev–Trinajstić information content (AvgIpc) is 2.32. The van der Waals surface area contributed by atoms with E-state index < -0.39 is 0 Å². The van der Waals surface area contributed by atoms with Crippen molar-refractivity contribution in [1.82, 2.24) is 9.97 Å². The lowest BCUT2D eigenvalue weighted by Crippen LogP contribution is -2.18. The standard InChI is InChI=1S/C13H22N4/c1-8-5-4-6-11(7-8)13-15-10(3)9(2)12(16-13)17-14/h8,11H,4-7,14H2,1-3H3,(H,15,16,17). The van der Waals surface area contributed by atoms with Gasteiger partial charge in [-0.1, -0.05) is 19.8 Å². The highest BCUT2D eigenvalue weighted by Crippen LogP contribution is 2.35. The Labute approximate surface area is 103 Å². The number of nitrogens with zero attached hydrogens (tertiary/aromatic N) is 2. The summed E-state index contributed by atoms with van der Waals surface area (Å²) in [7, 11) is 0. The molecule has 0 aliphatic heterocycles. The van der Waals surface area contributed by atoms with E-state index in [1.54, 1.807) is 0 Å². The number of aromatic nitrogens is 2. The predicted octanol–water partition coefficient (Wildman–Crippen LogP) is 2.67. The second-order valence-corrected chi connectivity index (χ2v) is 5.25. The van der Waals surface area contributed by atoms with E-state index in [2.05, 4.69) is 22.3 Å². The summed E-state index contributed by atoms with van der Waals surface area (Å²) in [5.74, 6) is 8.53. The van der Waals surface area contributed by atoms with Crippen LogP contribution in [-0.4, -0.2) is 9.97 Å². The van der Waals surface area contributed by atoms with Gasteiger partial charge in [0.05, 0.1) is 0 Å². The number of nitrogens with two attached hydrogens (primary N) is 1. The summed E-state index contributed by atoms with van der Waals surface area (Å²) in [5, 5.41) is 0. The molecule has 2 unspecified atom stereocenters. The molecule has 1 aromatic rings. The molecule has 3 N–H and O–H groups in total. The van der Waals surface area contributed by atoms with Crippen molar-refractivity contribution in [3.63, 3.8) is 0 Å². The predicted molar refractivity (Wildman–Crippen MR) is 69.7 cm³/mol. The molecule has 4 heteroatoms. The van der Waals surface area contributed by atoms with Gasteiger partial charge in [-0.15, -0.1) is 0 Å². The number of hydrogen-bond donors (Lipinski definition) is 2. The molecule has 1 aromatic heterocycles. The third kappa shape index (κ3) is 2.57. The zero-order valence-electron chi connectivity index (χ0n) is 11.0. The van der Waals surface area contributed by atoms with Crippen LogP contribution in [-0.2, 0) is 0 Å². The van der Waals surface area contributed by atoms with Gasteiger partial charge < -0.3 is 5.43 Å². The molecule has 0 radical (unpaired) electrons. The Hall–Kier alpha value is -1.16. The van der Waals surface area contributed by atoms with Crippen LogP contribution in [0.15, 0.2) is 0 Å². The van der Waals surface area contributed by atoms with E-state index >= 15 is 0 Å². The summed E-state index contributed by atoms with van der Waals surface area (Å²) in [4.78, 5) is 9.20. The van der Waals surface area contributed by atoms with Crippen LogP contribution in [0.25, 0.3) is 0 Å². The first kappa shape index (κ1) is 12.3. The lowest BCUT2D eigenvalue weighted by atomic mass is 9.82. The van der Waals surface area contributed by atoms with E-state index in [1.165, 1.54) is 25.7 Å². The van der Waals surface area contributed by atoms with Gasteiger partial charge in [0, 0.05) is 17.2 Å². The van der Waals surface area contributed by atoms with Crippen LogP contribution in [0.5, 0.6) is 0 Å². The van der Waals surface area contributed by atoms with Crippen LogP contribution in [0.3, 0.4) is 0 Å². The molecule has 2 atom stereocenters. The molecule has 0 spiro atoms. The third-order valence-electron chi connectivity index (χ3n) is 3.84. The zero-order chi connectivity index (χ0) is 12.4. The summed E-state index contributed by atoms with van der Waals surface area (Å²) in [6.07, 6.45) is 5.03. The molecule has 0 amide bonds. The van der Waals surface area contributed by atoms with Gasteiger partial charge in [0.15, 0.2) is 0 Å². The van der Waals surface area contributed by atoms with Crippen molar-refractivity contribution in [2.45, 2.75) is 52.4 Å². The third-order valence-corrected chi connectivity index (χ3v) is 3.84. The minimum absolute atomic E-state index is 0.505. The SMILES string of the molecule is Cc1nc(C2CCCC(C)C2)nc(NN)c1C. The molecule has 0 bridgehead atoms. The highest BCUT2D eigenvalue weighted by molar-refractivity contribution is 5.44. The molecule has 4 nitrogen and oxygen atoms in total. The quantitative estimate of drug-likeness (QED) is 0.610. The van der Waals surface area contributed by atoms with Crippen LogP contribution >= 0.6 is 0 Å². The Kier molecular flexibility index (Phi) is 3.62. The van der Waals surface area contributed by atoms with E-state index in [0.717, 1.165) is 28.8 Å². The largest absolute Gasteiger partial charge is 0.308 e. The van der Waals surface area contributed by atoms with Crippen LogP contribution in [0.4, 0.5) is 5.82 Å². The van der Waals surface area contributed by atoms with Crippen molar-refractivity contribution in [1.29, 1.82) is 0 Å². The number of hydrazine groups is 1. The monoisotopic (exact) mass is 234 g/mol. The summed E-state index contributed by atoms with van der Waals surface area (Å²) >= 11 is 0. The number of nitrogen functional groups attached to an aromatic ring is 1. The maximum absolute atomic E-state index is 5.50. The van der Waals surface area contributed by atoms with E-state index in [1.807, 2.05) is 13.8 Å². The second-order valence-electron chi connectivity index (χ2n) is 5.25. The maximum atomic E-state index is 5.50. The Morgan fingerprint density at radius 1 is 1.24 bits per heavy atom. The highest BCUT2D eigenvalue weighted by atomic mass is 15.3. The molecule has 1 heterocycles. The van der Waals surface area contributed by atoms with Crippen LogP contribution in [0, 0.1) is 19.8 Å². The molecule has 1 aliphatic rings. The van der Waals surface area contributed by atoms with Crippen molar-refractivity contribution in [2.24, 2.45) is 11.8 Å². The lowest BCUT2D eigenvalue weighted by molar-refractivity contribution is 0.335. The van der Waals surface area contributed by atoms with Crippen molar-refractivity contribution in [3.05, 3.63) is 17.1 Å². The molecule has 0 saturated heterocycles. The first-order valence-electron chi connectivity index (χ1n) is 6.43. The van der Waals surface area contributed by atoms with Crippen LogP contribution < -0.4 is 11.3 Å². The van der Waals surface area contributed by atoms with Gasteiger partial charge >= 0.3 is 0 Å². The van der Waals surface area contributed by atoms with E-state index in [0.29, 0.717) is 5.92 Å². The van der Waals surface area contributed by atoms with E-state index in [9.17, 15) is 0 Å². The fourth-order valence-corrected chi connectivity index (χ4v) is 2.64. The van der Waals surface area contributed by atoms with Gasteiger partial charge in [-0.25, -0.2) is 15.8 Å². The zero-order valence-corrected chi connectivity index (χ0v) is 11.0. The fraction of sp³-hybridized carbons (Fsp3) is 0.692. The number of hydrogen-bond acceptors (Lipinski definition) is 4. The molecule has 0 aromatic carbocycles. The van der Waals surface area contributed by atoms with Gasteiger partial charge in [0.1, 0.15) is 11.6 Å². The molecule has 94 valence electrons. The van der Waals surface area contributed by atoms with Gasteiger partial charge in [-0.3, -0.25) is 0 Å². The van der Waals surface area contributed by atoms with Crippen molar-refractivity contribution in [2.75, 3.05) is 5.43 Å². The molecule has 1 fully saturated rings. The minimum Gasteiger partial charge on any atom is -0.308 e. The molecule has 1 aliphatic carbocycles. The maximum Gasteiger partial charge on any atom is 0.146 e. The molecule has 17 heavy (non-hydrogen) atoms. The first-order chi connectivity index (χ1) is 8.11. The summed E-state index contributed by atoms with van der Waals surface area (Å²) < 4.78 is 0. The molecule has 2 rings (SSSR count). The van der Waals surface area contributed by atoms with Gasteiger partial charge in [-0.2, -0.15) is 0 Å². The number of aryl methyl sites for hydroxylation is 1. The first-order valence-corrected chi connectivity index (χ1v) is 6.43.